The Bertz CT molecular complexity index is 396. The van der Waals surface area contributed by atoms with Gasteiger partial charge in [-0.05, 0) is 45.4 Å². The van der Waals surface area contributed by atoms with Crippen molar-refractivity contribution in [3.05, 3.63) is 23.4 Å². The number of anilines is 1. The first kappa shape index (κ1) is 13.4. The van der Waals surface area contributed by atoms with Crippen LogP contribution in [0.1, 0.15) is 25.1 Å². The summed E-state index contributed by atoms with van der Waals surface area (Å²) in [5.41, 5.74) is 1.24. The Morgan fingerprint density at radius 1 is 1.41 bits per heavy atom. The highest BCUT2D eigenvalue weighted by Gasteiger charge is 2.19. The van der Waals surface area contributed by atoms with Crippen molar-refractivity contribution in [1.29, 1.82) is 0 Å². The lowest BCUT2D eigenvalue weighted by Crippen LogP contribution is -2.48. The van der Waals surface area contributed by atoms with E-state index in [-0.39, 0.29) is 12.6 Å². The first-order valence-corrected chi connectivity index (χ1v) is 5.48. The van der Waals surface area contributed by atoms with Gasteiger partial charge in [0, 0.05) is 5.69 Å². The minimum Gasteiger partial charge on any atom is -0.394 e. The third-order valence-corrected chi connectivity index (χ3v) is 2.19. The zero-order valence-corrected chi connectivity index (χ0v) is 10.7. The highest BCUT2D eigenvalue weighted by Crippen LogP contribution is 2.09. The molecule has 0 bridgehead atoms. The standard InChI is InChI=1S/C12H19N3O2/c1-8-5-9(2)13-10(6-8)14-11(17)15-12(3,4)7-16/h5-6,16H,7H2,1-4H3,(H2,13,14,15,17). The van der Waals surface area contributed by atoms with Gasteiger partial charge in [-0.3, -0.25) is 5.32 Å². The lowest BCUT2D eigenvalue weighted by molar-refractivity contribution is 0.187. The summed E-state index contributed by atoms with van der Waals surface area (Å²) in [5, 5.41) is 14.3. The summed E-state index contributed by atoms with van der Waals surface area (Å²) in [4.78, 5) is 15.8. The van der Waals surface area contributed by atoms with Crippen molar-refractivity contribution in [3.63, 3.8) is 0 Å². The fraction of sp³-hybridized carbons (Fsp3) is 0.500. The normalized spacial score (nSPS) is 11.1. The maximum Gasteiger partial charge on any atom is 0.320 e. The number of nitrogens with one attached hydrogen (secondary N) is 2. The van der Waals surface area contributed by atoms with Crippen LogP contribution < -0.4 is 10.6 Å². The summed E-state index contributed by atoms with van der Waals surface area (Å²) in [5.74, 6) is 0.508. The second-order valence-corrected chi connectivity index (χ2v) is 4.79. The molecule has 0 aliphatic heterocycles. The molecule has 0 spiro atoms. The first-order chi connectivity index (χ1) is 7.82. The van der Waals surface area contributed by atoms with Gasteiger partial charge in [-0.1, -0.05) is 0 Å². The minimum atomic E-state index is -0.650. The van der Waals surface area contributed by atoms with Gasteiger partial charge in [-0.15, -0.1) is 0 Å². The largest absolute Gasteiger partial charge is 0.394 e. The number of rotatable bonds is 3. The van der Waals surface area contributed by atoms with Crippen LogP contribution in [-0.2, 0) is 0 Å². The van der Waals surface area contributed by atoms with Crippen LogP contribution in [0.2, 0.25) is 0 Å². The van der Waals surface area contributed by atoms with Crippen molar-refractivity contribution in [2.24, 2.45) is 0 Å². The summed E-state index contributed by atoms with van der Waals surface area (Å²) in [7, 11) is 0. The molecule has 1 heterocycles. The molecule has 0 aliphatic rings. The molecule has 0 fully saturated rings. The fourth-order valence-electron chi connectivity index (χ4n) is 1.40. The van der Waals surface area contributed by atoms with Crippen LogP contribution in [0.4, 0.5) is 10.6 Å². The van der Waals surface area contributed by atoms with Crippen LogP contribution in [0.3, 0.4) is 0 Å². The number of hydrogen-bond acceptors (Lipinski definition) is 3. The average Bonchev–Trinajstić information content (AvgIpc) is 2.14. The number of aromatic nitrogens is 1. The van der Waals surface area contributed by atoms with E-state index in [2.05, 4.69) is 15.6 Å². The van der Waals surface area contributed by atoms with Gasteiger partial charge in [0.05, 0.1) is 12.1 Å². The molecule has 1 rings (SSSR count). The average molecular weight is 237 g/mol. The zero-order valence-electron chi connectivity index (χ0n) is 10.7. The van der Waals surface area contributed by atoms with Crippen molar-refractivity contribution in [1.82, 2.24) is 10.3 Å². The second kappa shape index (κ2) is 5.14. The Balaban J connectivity index is 2.68. The molecule has 2 amide bonds. The third kappa shape index (κ3) is 4.40. The number of hydrogen-bond donors (Lipinski definition) is 3. The van der Waals surface area contributed by atoms with Crippen LogP contribution in [-0.4, -0.2) is 28.3 Å². The number of urea groups is 1. The molecule has 17 heavy (non-hydrogen) atoms. The topological polar surface area (TPSA) is 74.2 Å². The molecule has 3 N–H and O–H groups in total. The minimum absolute atomic E-state index is 0.124. The highest BCUT2D eigenvalue weighted by molar-refractivity contribution is 5.88. The molecule has 0 saturated carbocycles. The number of aliphatic hydroxyl groups is 1. The van der Waals surface area contributed by atoms with Crippen molar-refractivity contribution in [2.45, 2.75) is 33.2 Å². The predicted molar refractivity (Wildman–Crippen MR) is 67.0 cm³/mol. The van der Waals surface area contributed by atoms with Gasteiger partial charge in [0.1, 0.15) is 5.82 Å². The molecule has 1 aromatic heterocycles. The highest BCUT2D eigenvalue weighted by atomic mass is 16.3. The van der Waals surface area contributed by atoms with Crippen molar-refractivity contribution in [2.75, 3.05) is 11.9 Å². The van der Waals surface area contributed by atoms with Crippen LogP contribution in [0.5, 0.6) is 0 Å². The molecular formula is C12H19N3O2. The molecular weight excluding hydrogens is 218 g/mol. The Kier molecular flexibility index (Phi) is 4.07. The SMILES string of the molecule is Cc1cc(C)nc(NC(=O)NC(C)(C)CO)c1. The second-order valence-electron chi connectivity index (χ2n) is 4.79. The Morgan fingerprint density at radius 2 is 2.06 bits per heavy atom. The molecule has 5 nitrogen and oxygen atoms in total. The van der Waals surface area contributed by atoms with E-state index >= 15 is 0 Å². The summed E-state index contributed by atoms with van der Waals surface area (Å²) < 4.78 is 0. The van der Waals surface area contributed by atoms with E-state index in [0.29, 0.717) is 5.82 Å². The van der Waals surface area contributed by atoms with Gasteiger partial charge in [-0.2, -0.15) is 0 Å². The van der Waals surface area contributed by atoms with E-state index in [1.54, 1.807) is 19.9 Å². The number of carbonyl (C=O) groups excluding carboxylic acids is 1. The van der Waals surface area contributed by atoms with Crippen molar-refractivity contribution < 1.29 is 9.90 Å². The van der Waals surface area contributed by atoms with Crippen molar-refractivity contribution >= 4 is 11.8 Å². The molecule has 0 radical (unpaired) electrons. The number of aryl methyl sites for hydroxylation is 2. The molecule has 0 unspecified atom stereocenters. The van der Waals surface area contributed by atoms with Gasteiger partial charge < -0.3 is 10.4 Å². The third-order valence-electron chi connectivity index (χ3n) is 2.19. The van der Waals surface area contributed by atoms with Crippen LogP contribution in [0.25, 0.3) is 0 Å². The molecule has 1 aromatic rings. The number of pyridine rings is 1. The number of nitrogens with zero attached hydrogens (tertiary/aromatic N) is 1. The molecule has 94 valence electrons. The number of carbonyl (C=O) groups is 1. The molecule has 0 atom stereocenters. The lowest BCUT2D eigenvalue weighted by Gasteiger charge is -2.23. The van der Waals surface area contributed by atoms with E-state index in [1.807, 2.05) is 19.9 Å². The fourth-order valence-corrected chi connectivity index (χ4v) is 1.40. The molecule has 0 aliphatic carbocycles. The summed E-state index contributed by atoms with van der Waals surface area (Å²) in [6.45, 7) is 7.16. The van der Waals surface area contributed by atoms with E-state index in [4.69, 9.17) is 5.11 Å². The Morgan fingerprint density at radius 3 is 2.59 bits per heavy atom. The predicted octanol–water partition coefficient (Wildman–Crippen LogP) is 1.59. The quantitative estimate of drug-likeness (QED) is 0.747. The molecule has 0 aromatic carbocycles. The monoisotopic (exact) mass is 237 g/mol. The Labute approximate surface area is 101 Å². The van der Waals surface area contributed by atoms with E-state index < -0.39 is 5.54 Å². The van der Waals surface area contributed by atoms with E-state index in [0.717, 1.165) is 11.3 Å². The van der Waals surface area contributed by atoms with Crippen LogP contribution in [0.15, 0.2) is 12.1 Å². The first-order valence-electron chi connectivity index (χ1n) is 5.48. The molecule has 0 saturated heterocycles. The zero-order chi connectivity index (χ0) is 13.1. The Hall–Kier alpha value is -1.62. The van der Waals surface area contributed by atoms with Gasteiger partial charge in [0.15, 0.2) is 0 Å². The molecule has 5 heteroatoms. The van der Waals surface area contributed by atoms with Gasteiger partial charge in [0.2, 0.25) is 0 Å². The summed E-state index contributed by atoms with van der Waals surface area (Å²) in [6.07, 6.45) is 0. The van der Waals surface area contributed by atoms with Gasteiger partial charge in [0.25, 0.3) is 0 Å². The smallest absolute Gasteiger partial charge is 0.320 e. The van der Waals surface area contributed by atoms with E-state index in [9.17, 15) is 4.79 Å². The maximum absolute atomic E-state index is 11.6. The van der Waals surface area contributed by atoms with Crippen LogP contribution in [0, 0.1) is 13.8 Å². The summed E-state index contributed by atoms with van der Waals surface area (Å²) in [6, 6.07) is 3.35. The number of aliphatic hydroxyl groups excluding tert-OH is 1. The van der Waals surface area contributed by atoms with E-state index in [1.165, 1.54) is 0 Å². The maximum atomic E-state index is 11.6. The van der Waals surface area contributed by atoms with Gasteiger partial charge >= 0.3 is 6.03 Å². The lowest BCUT2D eigenvalue weighted by atomic mass is 10.1. The summed E-state index contributed by atoms with van der Waals surface area (Å²) >= 11 is 0. The van der Waals surface area contributed by atoms with Crippen molar-refractivity contribution in [3.8, 4) is 0 Å². The van der Waals surface area contributed by atoms with Crippen LogP contribution >= 0.6 is 0 Å². The number of amides is 2. The van der Waals surface area contributed by atoms with Gasteiger partial charge in [-0.25, -0.2) is 9.78 Å².